The fourth-order valence-corrected chi connectivity index (χ4v) is 5.60. The molecule has 1 aromatic carbocycles. The third-order valence-electron chi connectivity index (χ3n) is 6.92. The first-order valence-electron chi connectivity index (χ1n) is 10.6. The van der Waals surface area contributed by atoms with E-state index in [0.29, 0.717) is 11.8 Å². The lowest BCUT2D eigenvalue weighted by Gasteiger charge is -2.34. The van der Waals surface area contributed by atoms with Gasteiger partial charge in [0.25, 0.3) is 0 Å². The van der Waals surface area contributed by atoms with Crippen LogP contribution in [0.1, 0.15) is 46.1 Å². The standard InChI is InChI=1S/C27H37N/c1-17(2)24(26(28(8)9)25-19(4)11-10-12-20(25)5)23-16-21-15-18(3)13-14-22(21)27(23,6)7/h10-14,18,21-22H,1,4,15-16H2,2-3,5-9H3/b24-23-,26-25-. The predicted molar refractivity (Wildman–Crippen MR) is 123 cm³/mol. The Morgan fingerprint density at radius 1 is 1.18 bits per heavy atom. The van der Waals surface area contributed by atoms with Crippen molar-refractivity contribution in [2.24, 2.45) is 23.2 Å². The Morgan fingerprint density at radius 3 is 2.43 bits per heavy atom. The van der Waals surface area contributed by atoms with Gasteiger partial charge in [0.15, 0.2) is 0 Å². The van der Waals surface area contributed by atoms with Crippen molar-refractivity contribution in [3.63, 3.8) is 0 Å². The minimum Gasteiger partial charge on any atom is -0.377 e. The molecule has 0 saturated heterocycles. The number of allylic oxidation sites excluding steroid dienone is 3. The van der Waals surface area contributed by atoms with E-state index in [-0.39, 0.29) is 5.41 Å². The van der Waals surface area contributed by atoms with Crippen LogP contribution in [0.4, 0.5) is 0 Å². The third-order valence-corrected chi connectivity index (χ3v) is 6.92. The van der Waals surface area contributed by atoms with E-state index in [2.05, 4.69) is 97.1 Å². The molecule has 28 heavy (non-hydrogen) atoms. The van der Waals surface area contributed by atoms with Gasteiger partial charge in [-0.15, -0.1) is 0 Å². The summed E-state index contributed by atoms with van der Waals surface area (Å²) < 4.78 is 0. The molecule has 1 saturated carbocycles. The Balaban J connectivity index is 2.37. The second kappa shape index (κ2) is 7.43. The first kappa shape index (κ1) is 20.7. The monoisotopic (exact) mass is 375 g/mol. The molecule has 0 aromatic heterocycles. The minimum absolute atomic E-state index is 0.140. The van der Waals surface area contributed by atoms with Gasteiger partial charge in [0.1, 0.15) is 0 Å². The van der Waals surface area contributed by atoms with Gasteiger partial charge < -0.3 is 4.90 Å². The normalized spacial score (nSPS) is 28.6. The topological polar surface area (TPSA) is 3.24 Å². The molecule has 0 heterocycles. The van der Waals surface area contributed by atoms with E-state index in [1.807, 2.05) is 0 Å². The molecule has 3 rings (SSSR count). The molecule has 2 aliphatic rings. The minimum atomic E-state index is 0.140. The molecule has 3 unspecified atom stereocenters. The molecule has 2 aliphatic carbocycles. The first-order chi connectivity index (χ1) is 13.1. The van der Waals surface area contributed by atoms with Gasteiger partial charge in [-0.1, -0.05) is 69.9 Å². The number of rotatable bonds is 3. The van der Waals surface area contributed by atoms with Crippen LogP contribution in [0, 0.1) is 30.1 Å². The van der Waals surface area contributed by atoms with E-state index < -0.39 is 0 Å². The van der Waals surface area contributed by atoms with Gasteiger partial charge in [-0.05, 0) is 66.2 Å². The number of hydrogen-bond donors (Lipinski definition) is 0. The number of nitrogens with zero attached hydrogens (tertiary/aromatic N) is 1. The Hall–Kier alpha value is -2.02. The van der Waals surface area contributed by atoms with Crippen molar-refractivity contribution in [1.82, 2.24) is 4.90 Å². The fourth-order valence-electron chi connectivity index (χ4n) is 5.60. The van der Waals surface area contributed by atoms with Gasteiger partial charge in [-0.2, -0.15) is 0 Å². The van der Waals surface area contributed by atoms with Gasteiger partial charge >= 0.3 is 0 Å². The van der Waals surface area contributed by atoms with Gasteiger partial charge in [0, 0.05) is 24.9 Å². The second-order valence-corrected chi connectivity index (χ2v) is 9.80. The van der Waals surface area contributed by atoms with Crippen molar-refractivity contribution in [3.8, 4) is 0 Å². The Morgan fingerprint density at radius 2 is 1.86 bits per heavy atom. The van der Waals surface area contributed by atoms with E-state index in [1.54, 1.807) is 5.57 Å². The van der Waals surface area contributed by atoms with Crippen molar-refractivity contribution < 1.29 is 0 Å². The van der Waals surface area contributed by atoms with Crippen LogP contribution in [0.25, 0.3) is 12.3 Å². The molecule has 0 amide bonds. The largest absolute Gasteiger partial charge is 0.377 e. The van der Waals surface area contributed by atoms with E-state index in [0.717, 1.165) is 16.7 Å². The second-order valence-electron chi connectivity index (χ2n) is 9.80. The third kappa shape index (κ3) is 3.41. The fraction of sp³-hybridized carbons (Fsp3) is 0.481. The van der Waals surface area contributed by atoms with Crippen molar-refractivity contribution in [2.75, 3.05) is 14.1 Å². The van der Waals surface area contributed by atoms with Crippen LogP contribution in [-0.4, -0.2) is 19.0 Å². The summed E-state index contributed by atoms with van der Waals surface area (Å²) in [6.07, 6.45) is 7.39. The quantitative estimate of drug-likeness (QED) is 0.656. The smallest absolute Gasteiger partial charge is 0.0519 e. The highest BCUT2D eigenvalue weighted by Crippen LogP contribution is 2.57. The molecule has 0 spiro atoms. The van der Waals surface area contributed by atoms with E-state index in [4.69, 9.17) is 0 Å². The SMILES string of the molecule is C=C(C)C(=C1\CC2CC(C)C=CC2C1(C)C)/C(=c1/c(C)cccc1=C)N(C)C. The Bertz CT molecular complexity index is 954. The van der Waals surface area contributed by atoms with Crippen molar-refractivity contribution in [3.05, 3.63) is 69.7 Å². The molecular weight excluding hydrogens is 338 g/mol. The number of fused-ring (bicyclic) bond motifs is 1. The molecule has 150 valence electrons. The highest BCUT2D eigenvalue weighted by molar-refractivity contribution is 5.72. The number of hydrogen-bond acceptors (Lipinski definition) is 1. The lowest BCUT2D eigenvalue weighted by molar-refractivity contribution is 0.261. The summed E-state index contributed by atoms with van der Waals surface area (Å²) in [4.78, 5) is 2.27. The Kier molecular flexibility index (Phi) is 5.49. The van der Waals surface area contributed by atoms with E-state index in [9.17, 15) is 0 Å². The molecular formula is C27H37N. The zero-order chi connectivity index (χ0) is 20.8. The van der Waals surface area contributed by atoms with Crippen LogP contribution in [-0.2, 0) is 0 Å². The van der Waals surface area contributed by atoms with Gasteiger partial charge in [-0.25, -0.2) is 0 Å². The van der Waals surface area contributed by atoms with Gasteiger partial charge in [-0.3, -0.25) is 0 Å². The summed E-state index contributed by atoms with van der Waals surface area (Å²) in [7, 11) is 4.31. The van der Waals surface area contributed by atoms with Gasteiger partial charge in [0.05, 0.1) is 5.70 Å². The maximum atomic E-state index is 4.44. The average Bonchev–Trinajstić information content (AvgIpc) is 2.83. The highest BCUT2D eigenvalue weighted by atomic mass is 15.1. The van der Waals surface area contributed by atoms with E-state index >= 15 is 0 Å². The molecule has 0 bridgehead atoms. The predicted octanol–water partition coefficient (Wildman–Crippen LogP) is 5.21. The molecule has 1 fully saturated rings. The molecule has 1 aromatic rings. The number of aryl methyl sites for hydroxylation is 1. The summed E-state index contributed by atoms with van der Waals surface area (Å²) in [5.74, 6) is 2.04. The van der Waals surface area contributed by atoms with Crippen LogP contribution in [0.15, 0.2) is 53.6 Å². The number of likely N-dealkylation sites (N-methyl/N-ethyl adjacent to an activating group) is 1. The van der Waals surface area contributed by atoms with Crippen LogP contribution >= 0.6 is 0 Å². The van der Waals surface area contributed by atoms with Crippen LogP contribution < -0.4 is 10.4 Å². The van der Waals surface area contributed by atoms with Crippen LogP contribution in [0.5, 0.6) is 0 Å². The first-order valence-corrected chi connectivity index (χ1v) is 10.6. The maximum Gasteiger partial charge on any atom is 0.0519 e. The molecule has 1 nitrogen and oxygen atoms in total. The van der Waals surface area contributed by atoms with Gasteiger partial charge in [0.2, 0.25) is 0 Å². The zero-order valence-electron chi connectivity index (χ0n) is 18.9. The van der Waals surface area contributed by atoms with Crippen LogP contribution in [0.3, 0.4) is 0 Å². The zero-order valence-corrected chi connectivity index (χ0v) is 18.9. The summed E-state index contributed by atoms with van der Waals surface area (Å²) >= 11 is 0. The van der Waals surface area contributed by atoms with Crippen LogP contribution in [0.2, 0.25) is 0 Å². The Labute approximate surface area is 171 Å². The summed E-state index contributed by atoms with van der Waals surface area (Å²) in [6.45, 7) is 20.4. The molecule has 0 aliphatic heterocycles. The molecule has 1 heteroatoms. The lowest BCUT2D eigenvalue weighted by atomic mass is 9.71. The van der Waals surface area contributed by atoms with E-state index in [1.165, 1.54) is 34.9 Å². The lowest BCUT2D eigenvalue weighted by Crippen LogP contribution is -2.35. The average molecular weight is 376 g/mol. The summed E-state index contributed by atoms with van der Waals surface area (Å²) in [6, 6.07) is 6.41. The summed E-state index contributed by atoms with van der Waals surface area (Å²) in [5, 5.41) is 2.34. The maximum absolute atomic E-state index is 4.44. The number of benzene rings is 1. The highest BCUT2D eigenvalue weighted by Gasteiger charge is 2.47. The van der Waals surface area contributed by atoms with Crippen molar-refractivity contribution in [1.29, 1.82) is 0 Å². The molecule has 0 N–H and O–H groups in total. The molecule has 3 atom stereocenters. The van der Waals surface area contributed by atoms with Crippen molar-refractivity contribution >= 4 is 12.3 Å². The molecule has 0 radical (unpaired) electrons. The van der Waals surface area contributed by atoms with Crippen molar-refractivity contribution in [2.45, 2.75) is 47.5 Å². The summed E-state index contributed by atoms with van der Waals surface area (Å²) in [5.41, 5.74) is 6.77.